The van der Waals surface area contributed by atoms with E-state index in [1.807, 2.05) is 30.3 Å². The third-order valence-corrected chi connectivity index (χ3v) is 6.13. The predicted molar refractivity (Wildman–Crippen MR) is 132 cm³/mol. The molecular weight excluding hydrogens is 408 g/mol. The predicted octanol–water partition coefficient (Wildman–Crippen LogP) is 6.35. The second-order valence-electron chi connectivity index (χ2n) is 8.08. The zero-order valence-electron chi connectivity index (χ0n) is 18.8. The Labute approximate surface area is 193 Å². The molecule has 1 aromatic heterocycles. The van der Waals surface area contributed by atoms with Gasteiger partial charge in [-0.25, -0.2) is 0 Å². The van der Waals surface area contributed by atoms with Gasteiger partial charge in [0.1, 0.15) is 11.5 Å². The molecule has 164 valence electrons. The van der Waals surface area contributed by atoms with Crippen molar-refractivity contribution in [2.45, 2.75) is 12.3 Å². The van der Waals surface area contributed by atoms with E-state index >= 15 is 0 Å². The van der Waals surface area contributed by atoms with Gasteiger partial charge in [-0.05, 0) is 41.0 Å². The number of aromatic nitrogens is 2. The number of aromatic amines is 1. The minimum absolute atomic E-state index is 0.0975. The molecule has 0 aliphatic heterocycles. The van der Waals surface area contributed by atoms with E-state index in [0.29, 0.717) is 6.42 Å². The average Bonchev–Trinajstić information content (AvgIpc) is 3.28. The Morgan fingerprint density at radius 2 is 1.42 bits per heavy atom. The smallest absolute Gasteiger partial charge is 0.122 e. The molecule has 1 N–H and O–H groups in total. The lowest BCUT2D eigenvalue weighted by atomic mass is 9.84. The summed E-state index contributed by atoms with van der Waals surface area (Å²) in [5, 5.41) is 8.82. The summed E-state index contributed by atoms with van der Waals surface area (Å²) < 4.78 is 11.1. The Hall–Kier alpha value is -4.05. The van der Waals surface area contributed by atoms with Gasteiger partial charge in [-0.15, -0.1) is 0 Å². The van der Waals surface area contributed by atoms with Gasteiger partial charge in [0.2, 0.25) is 0 Å². The summed E-state index contributed by atoms with van der Waals surface area (Å²) in [6, 6.07) is 33.6. The first-order valence-corrected chi connectivity index (χ1v) is 11.0. The van der Waals surface area contributed by atoms with Crippen molar-refractivity contribution in [2.75, 3.05) is 14.2 Å². The molecule has 1 heterocycles. The number of nitrogens with zero attached hydrogens (tertiary/aromatic N) is 1. The molecule has 0 bridgehead atoms. The largest absolute Gasteiger partial charge is 0.497 e. The normalized spacial score (nSPS) is 11.9. The summed E-state index contributed by atoms with van der Waals surface area (Å²) in [6.07, 6.45) is 0.710. The van der Waals surface area contributed by atoms with E-state index < -0.39 is 0 Å². The van der Waals surface area contributed by atoms with Crippen molar-refractivity contribution in [3.05, 3.63) is 125 Å². The van der Waals surface area contributed by atoms with Gasteiger partial charge in [0, 0.05) is 29.0 Å². The number of para-hydroxylation sites is 1. The lowest BCUT2D eigenvalue weighted by Crippen LogP contribution is -2.05. The lowest BCUT2D eigenvalue weighted by Gasteiger charge is -2.21. The standard InChI is InChI=1S/C29H26N2O2/c1-32-24-15-12-21(13-16-24)29(20-8-4-3-5-9-20)22-14-17-28(33-2)23(18-22)19-27-25-10-6-7-11-26(25)30-31-27/h3-18,29H,19H2,1-2H3,(H,30,31). The van der Waals surface area contributed by atoms with Gasteiger partial charge < -0.3 is 9.47 Å². The fourth-order valence-electron chi connectivity index (χ4n) is 4.47. The molecule has 5 rings (SSSR count). The highest BCUT2D eigenvalue weighted by Gasteiger charge is 2.19. The van der Waals surface area contributed by atoms with Crippen molar-refractivity contribution in [3.63, 3.8) is 0 Å². The highest BCUT2D eigenvalue weighted by Crippen LogP contribution is 2.36. The lowest BCUT2D eigenvalue weighted by molar-refractivity contribution is 0.410. The number of hydrogen-bond donors (Lipinski definition) is 1. The van der Waals surface area contributed by atoms with Crippen molar-refractivity contribution in [1.82, 2.24) is 10.2 Å². The average molecular weight is 435 g/mol. The maximum absolute atomic E-state index is 5.73. The van der Waals surface area contributed by atoms with E-state index in [0.717, 1.165) is 33.7 Å². The van der Waals surface area contributed by atoms with Crippen molar-refractivity contribution >= 4 is 10.9 Å². The number of nitrogens with one attached hydrogen (secondary N) is 1. The second kappa shape index (κ2) is 9.21. The fraction of sp³-hybridized carbons (Fsp3) is 0.138. The van der Waals surface area contributed by atoms with Gasteiger partial charge in [-0.3, -0.25) is 5.10 Å². The zero-order chi connectivity index (χ0) is 22.6. The van der Waals surface area contributed by atoms with E-state index in [-0.39, 0.29) is 5.92 Å². The Balaban J connectivity index is 1.59. The molecule has 4 heteroatoms. The number of methoxy groups -OCH3 is 2. The number of H-pyrrole nitrogens is 1. The van der Waals surface area contributed by atoms with Gasteiger partial charge in [-0.1, -0.05) is 72.8 Å². The summed E-state index contributed by atoms with van der Waals surface area (Å²) in [7, 11) is 3.42. The first-order chi connectivity index (χ1) is 16.3. The number of benzene rings is 4. The molecule has 1 atom stereocenters. The van der Waals surface area contributed by atoms with E-state index in [1.54, 1.807) is 14.2 Å². The van der Waals surface area contributed by atoms with Gasteiger partial charge in [0.05, 0.1) is 19.7 Å². The van der Waals surface area contributed by atoms with Gasteiger partial charge in [0.15, 0.2) is 0 Å². The van der Waals surface area contributed by atoms with E-state index in [2.05, 4.69) is 76.9 Å². The van der Waals surface area contributed by atoms with Crippen LogP contribution in [0, 0.1) is 0 Å². The summed E-state index contributed by atoms with van der Waals surface area (Å²) in [4.78, 5) is 0. The Morgan fingerprint density at radius 3 is 2.18 bits per heavy atom. The third kappa shape index (κ3) is 4.20. The summed E-state index contributed by atoms with van der Waals surface area (Å²) >= 11 is 0. The maximum Gasteiger partial charge on any atom is 0.122 e. The van der Waals surface area contributed by atoms with Crippen LogP contribution in [0.15, 0.2) is 97.1 Å². The topological polar surface area (TPSA) is 47.1 Å². The van der Waals surface area contributed by atoms with Crippen molar-refractivity contribution in [3.8, 4) is 11.5 Å². The molecule has 0 radical (unpaired) electrons. The zero-order valence-corrected chi connectivity index (χ0v) is 18.8. The van der Waals surface area contributed by atoms with E-state index in [4.69, 9.17) is 9.47 Å². The quantitative estimate of drug-likeness (QED) is 0.304. The van der Waals surface area contributed by atoms with Gasteiger partial charge in [0.25, 0.3) is 0 Å². The van der Waals surface area contributed by atoms with Crippen LogP contribution < -0.4 is 9.47 Å². The van der Waals surface area contributed by atoms with Crippen LogP contribution in [0.2, 0.25) is 0 Å². The van der Waals surface area contributed by atoms with Crippen LogP contribution in [0.25, 0.3) is 10.9 Å². The Bertz CT molecular complexity index is 1360. The fourth-order valence-corrected chi connectivity index (χ4v) is 4.47. The second-order valence-corrected chi connectivity index (χ2v) is 8.08. The van der Waals surface area contributed by atoms with Crippen LogP contribution in [-0.4, -0.2) is 24.4 Å². The van der Waals surface area contributed by atoms with Crippen LogP contribution in [0.5, 0.6) is 11.5 Å². The Kier molecular flexibility index (Phi) is 5.81. The van der Waals surface area contributed by atoms with Crippen LogP contribution in [0.1, 0.15) is 33.9 Å². The first-order valence-electron chi connectivity index (χ1n) is 11.0. The van der Waals surface area contributed by atoms with Gasteiger partial charge >= 0.3 is 0 Å². The van der Waals surface area contributed by atoms with E-state index in [1.165, 1.54) is 16.7 Å². The molecular formula is C29H26N2O2. The van der Waals surface area contributed by atoms with Crippen LogP contribution in [-0.2, 0) is 6.42 Å². The molecule has 4 aromatic carbocycles. The molecule has 0 saturated carbocycles. The van der Waals surface area contributed by atoms with Gasteiger partial charge in [-0.2, -0.15) is 5.10 Å². The minimum Gasteiger partial charge on any atom is -0.497 e. The van der Waals surface area contributed by atoms with Crippen molar-refractivity contribution in [1.29, 1.82) is 0 Å². The first kappa shape index (κ1) is 20.8. The molecule has 0 amide bonds. The van der Waals surface area contributed by atoms with Crippen molar-refractivity contribution in [2.24, 2.45) is 0 Å². The maximum atomic E-state index is 5.73. The Morgan fingerprint density at radius 1 is 0.727 bits per heavy atom. The molecule has 0 aliphatic rings. The molecule has 4 nitrogen and oxygen atoms in total. The molecule has 0 saturated heterocycles. The highest BCUT2D eigenvalue weighted by atomic mass is 16.5. The molecule has 5 aromatic rings. The summed E-state index contributed by atoms with van der Waals surface area (Å²) in [6.45, 7) is 0. The van der Waals surface area contributed by atoms with Crippen LogP contribution in [0.3, 0.4) is 0 Å². The SMILES string of the molecule is COc1ccc(C(c2ccccc2)c2ccc(OC)c(Cc3[nH]nc4ccccc34)c2)cc1. The number of fused-ring (bicyclic) bond motifs is 1. The number of rotatable bonds is 7. The summed E-state index contributed by atoms with van der Waals surface area (Å²) in [5.74, 6) is 1.83. The highest BCUT2D eigenvalue weighted by molar-refractivity contribution is 5.81. The molecule has 0 spiro atoms. The van der Waals surface area contributed by atoms with E-state index in [9.17, 15) is 0 Å². The van der Waals surface area contributed by atoms with Crippen LogP contribution in [0.4, 0.5) is 0 Å². The molecule has 0 fully saturated rings. The summed E-state index contributed by atoms with van der Waals surface area (Å²) in [5.41, 5.74) is 6.85. The minimum atomic E-state index is 0.0975. The molecule has 1 unspecified atom stereocenters. The molecule has 0 aliphatic carbocycles. The number of ether oxygens (including phenoxy) is 2. The monoisotopic (exact) mass is 434 g/mol. The molecule has 33 heavy (non-hydrogen) atoms. The number of hydrogen-bond acceptors (Lipinski definition) is 3. The third-order valence-electron chi connectivity index (χ3n) is 6.13. The van der Waals surface area contributed by atoms with Crippen molar-refractivity contribution < 1.29 is 9.47 Å². The van der Waals surface area contributed by atoms with Crippen LogP contribution >= 0.6 is 0 Å².